The lowest BCUT2D eigenvalue weighted by atomic mass is 9.52. The number of hydrogen-bond donors (Lipinski definition) is 7. The number of aliphatic hydroxyl groups excluding tert-OH is 1. The van der Waals surface area contributed by atoms with Crippen LogP contribution in [0.25, 0.3) is 0 Å². The minimum Gasteiger partial charge on any atom is -0.451 e. The van der Waals surface area contributed by atoms with Gasteiger partial charge in [0.15, 0.2) is 17.5 Å². The second-order valence-electron chi connectivity index (χ2n) is 12.4. The SMILES string of the molecule is CC(C)[C@@]1(O)[C@@H](OC(=O)c2ccc[nH]2)[C@@]2(O)[C@]3(C)C[C@@]4(O)O[C@@]5([C@H](O)[C@H](C)CC[C@]35O)[C@@]2(O)[C@@]41C. The summed E-state index contributed by atoms with van der Waals surface area (Å²) in [5.74, 6) is -4.34. The molecule has 0 amide bonds. The molecule has 11 atom stereocenters. The van der Waals surface area contributed by atoms with Crippen LogP contribution in [0.3, 0.4) is 0 Å². The molecule has 6 bridgehead atoms. The molecule has 0 unspecified atom stereocenters. The Bertz CT molecular complexity index is 1130. The normalized spacial score (nSPS) is 59.8. The average Bonchev–Trinajstić information content (AvgIpc) is 3.41. The molecule has 10 nitrogen and oxygen atoms in total. The Morgan fingerprint density at radius 2 is 1.86 bits per heavy atom. The van der Waals surface area contributed by atoms with Crippen molar-refractivity contribution in [3.8, 4) is 0 Å². The molecule has 6 fully saturated rings. The van der Waals surface area contributed by atoms with E-state index >= 15 is 0 Å². The van der Waals surface area contributed by atoms with Gasteiger partial charge in [0.25, 0.3) is 0 Å². The maximum Gasteiger partial charge on any atom is 0.355 e. The van der Waals surface area contributed by atoms with Crippen LogP contribution in [-0.2, 0) is 9.47 Å². The predicted octanol–water partition coefficient (Wildman–Crippen LogP) is -0.188. The molecular weight excluding hydrogens is 458 g/mol. The third kappa shape index (κ3) is 1.74. The molecule has 0 aromatic carbocycles. The highest BCUT2D eigenvalue weighted by Gasteiger charge is 3.10. The highest BCUT2D eigenvalue weighted by molar-refractivity contribution is 5.87. The van der Waals surface area contributed by atoms with Gasteiger partial charge in [0.2, 0.25) is 0 Å². The molecule has 3 heterocycles. The van der Waals surface area contributed by atoms with Gasteiger partial charge >= 0.3 is 5.97 Å². The summed E-state index contributed by atoms with van der Waals surface area (Å²) in [6.07, 6.45) is -1.63. The molecule has 1 aromatic heterocycles. The van der Waals surface area contributed by atoms with Crippen molar-refractivity contribution in [1.29, 1.82) is 0 Å². The lowest BCUT2D eigenvalue weighted by Gasteiger charge is -2.60. The molecule has 7 rings (SSSR count). The van der Waals surface area contributed by atoms with Crippen molar-refractivity contribution in [2.45, 2.75) is 99.9 Å². The van der Waals surface area contributed by atoms with Crippen LogP contribution < -0.4 is 0 Å². The van der Waals surface area contributed by atoms with Crippen molar-refractivity contribution < 1.29 is 44.9 Å². The Hall–Kier alpha value is -1.53. The van der Waals surface area contributed by atoms with Crippen LogP contribution in [0, 0.1) is 22.7 Å². The molecule has 2 saturated heterocycles. The van der Waals surface area contributed by atoms with E-state index in [9.17, 15) is 35.4 Å². The number of aromatic nitrogens is 1. The number of ether oxygens (including phenoxy) is 2. The third-order valence-electron chi connectivity index (χ3n) is 11.3. The summed E-state index contributed by atoms with van der Waals surface area (Å²) in [4.78, 5) is 15.9. The zero-order valence-corrected chi connectivity index (χ0v) is 20.6. The molecule has 4 saturated carbocycles. The number of H-pyrrole nitrogens is 1. The maximum absolute atomic E-state index is 13.2. The smallest absolute Gasteiger partial charge is 0.355 e. The molecule has 1 spiro atoms. The highest BCUT2D eigenvalue weighted by atomic mass is 16.7. The second kappa shape index (κ2) is 5.96. The summed E-state index contributed by atoms with van der Waals surface area (Å²) in [5, 5.41) is 73.9. The van der Waals surface area contributed by atoms with E-state index in [1.807, 2.05) is 0 Å². The van der Waals surface area contributed by atoms with E-state index in [1.54, 1.807) is 26.8 Å². The number of carbonyl (C=O) groups is 1. The number of carbonyl (C=O) groups excluding carboxylic acids is 1. The van der Waals surface area contributed by atoms with Gasteiger partial charge in [-0.15, -0.1) is 0 Å². The summed E-state index contributed by atoms with van der Waals surface area (Å²) in [7, 11) is 0. The highest BCUT2D eigenvalue weighted by Crippen LogP contribution is 2.90. The van der Waals surface area contributed by atoms with Gasteiger partial charge in [0.1, 0.15) is 28.1 Å². The zero-order valence-electron chi connectivity index (χ0n) is 20.6. The Morgan fingerprint density at radius 3 is 2.43 bits per heavy atom. The van der Waals surface area contributed by atoms with Crippen molar-refractivity contribution in [3.63, 3.8) is 0 Å². The number of rotatable bonds is 3. The molecule has 194 valence electrons. The average molecular weight is 494 g/mol. The standard InChI is InChI=1S/C25H35NO9/c1-12(2)22(31)17(34-16(28)14-7-6-10-26-14)23(32)18(4)11-21(30)19(22,5)25(23,33)24(35-21)15(27)13(3)8-9-20(18,24)29/h6-7,10,12-13,15,17,26-27,29-33H,8-9,11H2,1-5H3/t13-,15-,17-,18-,19+,20+,21-,22-,23-,24-,25-/m1/s1. The van der Waals surface area contributed by atoms with Gasteiger partial charge in [0, 0.05) is 18.0 Å². The lowest BCUT2D eigenvalue weighted by Crippen LogP contribution is -2.75. The quantitative estimate of drug-likeness (QED) is 0.282. The molecule has 10 heteroatoms. The van der Waals surface area contributed by atoms with Crippen molar-refractivity contribution in [2.75, 3.05) is 0 Å². The fraction of sp³-hybridized carbons (Fsp3) is 0.800. The van der Waals surface area contributed by atoms with E-state index in [2.05, 4.69) is 4.98 Å². The minimum atomic E-state index is -2.59. The van der Waals surface area contributed by atoms with Gasteiger partial charge in [-0.05, 0) is 43.7 Å². The molecule has 2 aliphatic heterocycles. The van der Waals surface area contributed by atoms with E-state index in [1.165, 1.54) is 26.1 Å². The van der Waals surface area contributed by atoms with Gasteiger partial charge in [-0.2, -0.15) is 0 Å². The molecule has 4 aliphatic carbocycles. The minimum absolute atomic E-state index is 0.0654. The summed E-state index contributed by atoms with van der Waals surface area (Å²) in [6.45, 7) is 7.91. The monoisotopic (exact) mass is 493 g/mol. The predicted molar refractivity (Wildman–Crippen MR) is 119 cm³/mol. The van der Waals surface area contributed by atoms with Crippen LogP contribution in [0.15, 0.2) is 18.3 Å². The molecule has 0 radical (unpaired) electrons. The van der Waals surface area contributed by atoms with Crippen molar-refractivity contribution in [2.24, 2.45) is 22.7 Å². The van der Waals surface area contributed by atoms with E-state index in [-0.39, 0.29) is 18.5 Å². The van der Waals surface area contributed by atoms with Gasteiger partial charge in [0.05, 0.1) is 11.5 Å². The Morgan fingerprint density at radius 1 is 1.20 bits per heavy atom. The van der Waals surface area contributed by atoms with Gasteiger partial charge in [-0.1, -0.05) is 27.7 Å². The van der Waals surface area contributed by atoms with Crippen LogP contribution in [0.4, 0.5) is 0 Å². The van der Waals surface area contributed by atoms with E-state index in [4.69, 9.17) is 9.47 Å². The third-order valence-corrected chi connectivity index (χ3v) is 11.3. The molecule has 35 heavy (non-hydrogen) atoms. The summed E-state index contributed by atoms with van der Waals surface area (Å²) in [5.41, 5.74) is -15.2. The first-order valence-corrected chi connectivity index (χ1v) is 12.4. The van der Waals surface area contributed by atoms with E-state index in [0.717, 1.165) is 0 Å². The van der Waals surface area contributed by atoms with Crippen molar-refractivity contribution in [1.82, 2.24) is 4.98 Å². The Labute approximate surface area is 202 Å². The fourth-order valence-electron chi connectivity index (χ4n) is 9.56. The summed E-state index contributed by atoms with van der Waals surface area (Å²) in [6, 6.07) is 3.06. The van der Waals surface area contributed by atoms with Gasteiger partial charge < -0.3 is 45.1 Å². The van der Waals surface area contributed by atoms with Crippen molar-refractivity contribution >= 4 is 5.97 Å². The van der Waals surface area contributed by atoms with E-state index < -0.39 is 74.6 Å². The maximum atomic E-state index is 13.2. The largest absolute Gasteiger partial charge is 0.451 e. The first-order valence-electron chi connectivity index (χ1n) is 12.4. The first kappa shape index (κ1) is 23.8. The molecule has 7 N–H and O–H groups in total. The van der Waals surface area contributed by atoms with Gasteiger partial charge in [-0.25, -0.2) is 4.79 Å². The first-order chi connectivity index (χ1) is 16.0. The van der Waals surface area contributed by atoms with E-state index in [0.29, 0.717) is 6.42 Å². The lowest BCUT2D eigenvalue weighted by molar-refractivity contribution is -0.390. The fourth-order valence-corrected chi connectivity index (χ4v) is 9.56. The second-order valence-corrected chi connectivity index (χ2v) is 12.4. The van der Waals surface area contributed by atoms with Gasteiger partial charge in [-0.3, -0.25) is 0 Å². The summed E-state index contributed by atoms with van der Waals surface area (Å²) >= 11 is 0. The van der Waals surface area contributed by atoms with Crippen LogP contribution in [-0.4, -0.2) is 87.6 Å². The number of hydrogen-bond acceptors (Lipinski definition) is 9. The molecular formula is C25H35NO9. The van der Waals surface area contributed by atoms with Crippen LogP contribution in [0.5, 0.6) is 0 Å². The molecule has 1 aromatic rings. The Kier molecular flexibility index (Phi) is 4.06. The van der Waals surface area contributed by atoms with Crippen LogP contribution in [0.2, 0.25) is 0 Å². The number of nitrogens with one attached hydrogen (secondary N) is 1. The van der Waals surface area contributed by atoms with Crippen LogP contribution >= 0.6 is 0 Å². The zero-order chi connectivity index (χ0) is 25.8. The number of esters is 1. The Balaban J connectivity index is 1.69. The van der Waals surface area contributed by atoms with Crippen molar-refractivity contribution in [3.05, 3.63) is 24.0 Å². The number of aliphatic hydroxyl groups is 6. The van der Waals surface area contributed by atoms with Crippen LogP contribution in [0.1, 0.15) is 64.4 Å². The summed E-state index contributed by atoms with van der Waals surface area (Å²) < 4.78 is 12.1. The molecule has 6 aliphatic rings. The topological polar surface area (TPSA) is 173 Å². The number of aromatic amines is 1.